The van der Waals surface area contributed by atoms with Crippen molar-refractivity contribution in [3.63, 3.8) is 0 Å². The topological polar surface area (TPSA) is 91.3 Å². The van der Waals surface area contributed by atoms with Crippen molar-refractivity contribution in [2.75, 3.05) is 0 Å². The summed E-state index contributed by atoms with van der Waals surface area (Å²) in [4.78, 5) is 14.6. The minimum Gasteiger partial charge on any atom is -0.484 e. The van der Waals surface area contributed by atoms with Crippen LogP contribution in [0, 0.1) is 10.1 Å². The van der Waals surface area contributed by atoms with Crippen LogP contribution in [0.4, 0.5) is 5.69 Å². The molecule has 0 unspecified atom stereocenters. The van der Waals surface area contributed by atoms with Crippen molar-refractivity contribution in [1.29, 1.82) is 0 Å². The summed E-state index contributed by atoms with van der Waals surface area (Å²) in [5, 5.41) is 14.7. The molecule has 25 heavy (non-hydrogen) atoms. The van der Waals surface area contributed by atoms with E-state index in [9.17, 15) is 10.1 Å². The van der Waals surface area contributed by atoms with Crippen molar-refractivity contribution >= 4 is 5.69 Å². The van der Waals surface area contributed by atoms with Crippen LogP contribution < -0.4 is 4.74 Å². The maximum absolute atomic E-state index is 10.8. The standard InChI is InChI=1S/C18H17N3O4/c1-12(2)13-6-8-16(9-7-13)24-11-17-19-18(20-25-17)14-4-3-5-15(10-14)21(22)23/h3-10,12H,11H2,1-2H3. The van der Waals surface area contributed by atoms with Gasteiger partial charge in [0.25, 0.3) is 11.6 Å². The number of rotatable bonds is 6. The van der Waals surface area contributed by atoms with Crippen LogP contribution in [0.3, 0.4) is 0 Å². The van der Waals surface area contributed by atoms with E-state index < -0.39 is 4.92 Å². The molecule has 128 valence electrons. The highest BCUT2D eigenvalue weighted by molar-refractivity contribution is 5.58. The van der Waals surface area contributed by atoms with Crippen LogP contribution in [0.1, 0.15) is 31.2 Å². The zero-order valence-electron chi connectivity index (χ0n) is 13.9. The third kappa shape index (κ3) is 4.00. The van der Waals surface area contributed by atoms with Crippen LogP contribution in [0.25, 0.3) is 11.4 Å². The summed E-state index contributed by atoms with van der Waals surface area (Å²) < 4.78 is 10.8. The van der Waals surface area contributed by atoms with Gasteiger partial charge in [-0.25, -0.2) is 0 Å². The molecular formula is C18H17N3O4. The predicted octanol–water partition coefficient (Wildman–Crippen LogP) is 4.35. The number of aromatic nitrogens is 2. The normalized spacial score (nSPS) is 10.8. The maximum atomic E-state index is 10.8. The third-order valence-corrected chi connectivity index (χ3v) is 3.69. The molecular weight excluding hydrogens is 322 g/mol. The van der Waals surface area contributed by atoms with E-state index in [1.807, 2.05) is 24.3 Å². The smallest absolute Gasteiger partial charge is 0.270 e. The lowest BCUT2D eigenvalue weighted by Gasteiger charge is -2.07. The largest absolute Gasteiger partial charge is 0.484 e. The average Bonchev–Trinajstić information content (AvgIpc) is 3.09. The van der Waals surface area contributed by atoms with Gasteiger partial charge in [0.1, 0.15) is 5.75 Å². The fraction of sp³-hybridized carbons (Fsp3) is 0.222. The lowest BCUT2D eigenvalue weighted by Crippen LogP contribution is -1.96. The Labute approximate surface area is 144 Å². The fourth-order valence-corrected chi connectivity index (χ4v) is 2.28. The lowest BCUT2D eigenvalue weighted by molar-refractivity contribution is -0.384. The first-order chi connectivity index (χ1) is 12.0. The maximum Gasteiger partial charge on any atom is 0.270 e. The van der Waals surface area contributed by atoms with E-state index in [-0.39, 0.29) is 18.1 Å². The van der Waals surface area contributed by atoms with Gasteiger partial charge in [0.05, 0.1) is 4.92 Å². The third-order valence-electron chi connectivity index (χ3n) is 3.69. The first-order valence-corrected chi connectivity index (χ1v) is 7.83. The van der Waals surface area contributed by atoms with Crippen LogP contribution >= 0.6 is 0 Å². The minimum absolute atomic E-state index is 0.0228. The number of ether oxygens (including phenoxy) is 1. The van der Waals surface area contributed by atoms with Crippen LogP contribution in [-0.4, -0.2) is 15.1 Å². The molecule has 0 spiro atoms. The molecule has 0 saturated heterocycles. The molecule has 0 aliphatic heterocycles. The fourth-order valence-electron chi connectivity index (χ4n) is 2.28. The lowest BCUT2D eigenvalue weighted by atomic mass is 10.0. The Morgan fingerprint density at radius 1 is 1.20 bits per heavy atom. The molecule has 1 heterocycles. The molecule has 0 atom stereocenters. The molecule has 0 aliphatic carbocycles. The van der Waals surface area contributed by atoms with Gasteiger partial charge >= 0.3 is 0 Å². The van der Waals surface area contributed by atoms with Crippen molar-refractivity contribution in [3.8, 4) is 17.1 Å². The average molecular weight is 339 g/mol. The Morgan fingerprint density at radius 2 is 1.96 bits per heavy atom. The summed E-state index contributed by atoms with van der Waals surface area (Å²) in [6.45, 7) is 4.39. The second-order valence-electron chi connectivity index (χ2n) is 5.83. The Bertz CT molecular complexity index is 872. The molecule has 0 fully saturated rings. The van der Waals surface area contributed by atoms with Gasteiger partial charge in [-0.3, -0.25) is 10.1 Å². The van der Waals surface area contributed by atoms with E-state index in [4.69, 9.17) is 9.26 Å². The highest BCUT2D eigenvalue weighted by Gasteiger charge is 2.13. The van der Waals surface area contributed by atoms with Crippen molar-refractivity contribution in [1.82, 2.24) is 10.1 Å². The van der Waals surface area contributed by atoms with Gasteiger partial charge in [0.15, 0.2) is 6.61 Å². The molecule has 0 saturated carbocycles. The second kappa shape index (κ2) is 7.12. The summed E-state index contributed by atoms with van der Waals surface area (Å²) in [7, 11) is 0. The van der Waals surface area contributed by atoms with Gasteiger partial charge in [-0.2, -0.15) is 4.98 Å². The van der Waals surface area contributed by atoms with E-state index in [1.165, 1.54) is 17.7 Å². The number of nitro groups is 1. The Kier molecular flexibility index (Phi) is 4.74. The van der Waals surface area contributed by atoms with E-state index >= 15 is 0 Å². The zero-order valence-corrected chi connectivity index (χ0v) is 13.9. The molecule has 1 aromatic heterocycles. The number of benzene rings is 2. The molecule has 7 heteroatoms. The Morgan fingerprint density at radius 3 is 2.64 bits per heavy atom. The van der Waals surface area contributed by atoms with Gasteiger partial charge < -0.3 is 9.26 Å². The number of non-ortho nitro benzene ring substituents is 1. The SMILES string of the molecule is CC(C)c1ccc(OCc2nc(-c3cccc([N+](=O)[O-])c3)no2)cc1. The van der Waals surface area contributed by atoms with Crippen molar-refractivity contribution in [2.24, 2.45) is 0 Å². The highest BCUT2D eigenvalue weighted by Crippen LogP contribution is 2.22. The Hall–Kier alpha value is -3.22. The molecule has 0 N–H and O–H groups in total. The van der Waals surface area contributed by atoms with Gasteiger partial charge in [-0.1, -0.05) is 43.3 Å². The van der Waals surface area contributed by atoms with E-state index in [1.54, 1.807) is 12.1 Å². The van der Waals surface area contributed by atoms with Crippen molar-refractivity contribution in [3.05, 3.63) is 70.1 Å². The molecule has 3 rings (SSSR count). The molecule has 7 nitrogen and oxygen atoms in total. The molecule has 0 aliphatic rings. The molecule has 0 amide bonds. The summed E-state index contributed by atoms with van der Waals surface area (Å²) in [5.41, 5.74) is 1.73. The quantitative estimate of drug-likeness (QED) is 0.490. The number of hydrogen-bond donors (Lipinski definition) is 0. The Balaban J connectivity index is 1.67. The van der Waals surface area contributed by atoms with Crippen molar-refractivity contribution < 1.29 is 14.2 Å². The van der Waals surface area contributed by atoms with Gasteiger partial charge in [0, 0.05) is 17.7 Å². The van der Waals surface area contributed by atoms with E-state index in [2.05, 4.69) is 24.0 Å². The van der Waals surface area contributed by atoms with E-state index in [0.717, 1.165) is 0 Å². The van der Waals surface area contributed by atoms with E-state index in [0.29, 0.717) is 23.1 Å². The van der Waals surface area contributed by atoms with Gasteiger partial charge in [-0.15, -0.1) is 0 Å². The number of hydrogen-bond acceptors (Lipinski definition) is 6. The molecule has 0 radical (unpaired) electrons. The number of nitrogens with zero attached hydrogens (tertiary/aromatic N) is 3. The summed E-state index contributed by atoms with van der Waals surface area (Å²) in [5.74, 6) is 1.76. The first-order valence-electron chi connectivity index (χ1n) is 7.83. The number of nitro benzene ring substituents is 1. The zero-order chi connectivity index (χ0) is 17.8. The molecule has 2 aromatic carbocycles. The van der Waals surface area contributed by atoms with Gasteiger partial charge in [0.2, 0.25) is 5.82 Å². The summed E-state index contributed by atoms with van der Waals surface area (Å²) in [6.07, 6.45) is 0. The van der Waals surface area contributed by atoms with Crippen LogP contribution in [0.2, 0.25) is 0 Å². The minimum atomic E-state index is -0.464. The van der Waals surface area contributed by atoms with Gasteiger partial charge in [-0.05, 0) is 23.6 Å². The molecule has 3 aromatic rings. The highest BCUT2D eigenvalue weighted by atomic mass is 16.6. The second-order valence-corrected chi connectivity index (χ2v) is 5.83. The summed E-state index contributed by atoms with van der Waals surface area (Å²) >= 11 is 0. The monoisotopic (exact) mass is 339 g/mol. The van der Waals surface area contributed by atoms with Crippen LogP contribution in [0.15, 0.2) is 53.1 Å². The summed E-state index contributed by atoms with van der Waals surface area (Å²) in [6, 6.07) is 13.9. The first kappa shape index (κ1) is 16.6. The molecule has 0 bridgehead atoms. The van der Waals surface area contributed by atoms with Crippen molar-refractivity contribution in [2.45, 2.75) is 26.4 Å². The predicted molar refractivity (Wildman–Crippen MR) is 91.3 cm³/mol. The van der Waals surface area contributed by atoms with Crippen LogP contribution in [-0.2, 0) is 6.61 Å². The van der Waals surface area contributed by atoms with Crippen LogP contribution in [0.5, 0.6) is 5.75 Å².